The zero-order chi connectivity index (χ0) is 13.2. The number of halogens is 1. The highest BCUT2D eigenvalue weighted by atomic mass is 35.5. The Morgan fingerprint density at radius 2 is 1.84 bits per heavy atom. The molecular formula is C15H10ClNOS. The van der Waals surface area contributed by atoms with Gasteiger partial charge in [-0.3, -0.25) is 4.79 Å². The van der Waals surface area contributed by atoms with E-state index in [0.717, 1.165) is 11.1 Å². The summed E-state index contributed by atoms with van der Waals surface area (Å²) in [7, 11) is 0. The molecule has 0 atom stereocenters. The number of H-pyrrole nitrogens is 1. The maximum absolute atomic E-state index is 12.4. The average molecular weight is 288 g/mol. The van der Waals surface area contributed by atoms with Crippen molar-refractivity contribution in [3.05, 3.63) is 69.6 Å². The van der Waals surface area contributed by atoms with E-state index >= 15 is 0 Å². The fraction of sp³-hybridized carbons (Fsp3) is 0. The van der Waals surface area contributed by atoms with Crippen molar-refractivity contribution in [3.63, 3.8) is 0 Å². The molecule has 0 unspecified atom stereocenters. The molecule has 0 aliphatic heterocycles. The summed E-state index contributed by atoms with van der Waals surface area (Å²) in [5.74, 6) is -0.00277. The number of ketones is 1. The predicted molar refractivity (Wildman–Crippen MR) is 79.0 cm³/mol. The standard InChI is InChI=1S/C15H10ClNOS/c16-14-7-6-13(19-14)15(18)12-9-17-8-11(12)10-4-2-1-3-5-10/h1-9,17H. The molecule has 2 aromatic heterocycles. The van der Waals surface area contributed by atoms with Gasteiger partial charge in [0, 0.05) is 23.5 Å². The van der Waals surface area contributed by atoms with Gasteiger partial charge in [0.05, 0.1) is 9.21 Å². The fourth-order valence-corrected chi connectivity index (χ4v) is 2.97. The number of carbonyl (C=O) groups excluding carboxylic acids is 1. The number of hydrogen-bond acceptors (Lipinski definition) is 2. The van der Waals surface area contributed by atoms with Crippen molar-refractivity contribution in [1.29, 1.82) is 0 Å². The monoisotopic (exact) mass is 287 g/mol. The van der Waals surface area contributed by atoms with E-state index in [1.54, 1.807) is 18.3 Å². The summed E-state index contributed by atoms with van der Waals surface area (Å²) in [6.45, 7) is 0. The molecule has 0 aliphatic carbocycles. The summed E-state index contributed by atoms with van der Waals surface area (Å²) >= 11 is 7.18. The second-order valence-corrected chi connectivity index (χ2v) is 5.80. The molecule has 0 fully saturated rings. The maximum Gasteiger partial charge on any atom is 0.205 e. The van der Waals surface area contributed by atoms with Gasteiger partial charge in [-0.15, -0.1) is 11.3 Å². The van der Waals surface area contributed by atoms with Crippen molar-refractivity contribution in [2.24, 2.45) is 0 Å². The van der Waals surface area contributed by atoms with Crippen LogP contribution in [0.5, 0.6) is 0 Å². The zero-order valence-electron chi connectivity index (χ0n) is 9.89. The van der Waals surface area contributed by atoms with E-state index in [0.29, 0.717) is 14.8 Å². The number of carbonyl (C=O) groups is 1. The highest BCUT2D eigenvalue weighted by Crippen LogP contribution is 2.29. The lowest BCUT2D eigenvalue weighted by molar-refractivity contribution is 0.104. The Hall–Kier alpha value is -1.84. The first-order valence-corrected chi connectivity index (χ1v) is 6.97. The fourth-order valence-electron chi connectivity index (χ4n) is 1.98. The van der Waals surface area contributed by atoms with E-state index in [-0.39, 0.29) is 5.78 Å². The van der Waals surface area contributed by atoms with E-state index in [1.807, 2.05) is 36.5 Å². The zero-order valence-corrected chi connectivity index (χ0v) is 11.5. The van der Waals surface area contributed by atoms with Crippen LogP contribution in [0.3, 0.4) is 0 Å². The smallest absolute Gasteiger partial charge is 0.205 e. The molecule has 1 N–H and O–H groups in total. The van der Waals surface area contributed by atoms with Gasteiger partial charge in [-0.25, -0.2) is 0 Å². The third-order valence-corrected chi connectivity index (χ3v) is 4.10. The predicted octanol–water partition coefficient (Wildman–Crippen LogP) is 4.63. The molecule has 0 saturated carbocycles. The maximum atomic E-state index is 12.4. The minimum atomic E-state index is -0.00277. The van der Waals surface area contributed by atoms with E-state index in [2.05, 4.69) is 4.98 Å². The van der Waals surface area contributed by atoms with Crippen LogP contribution < -0.4 is 0 Å². The van der Waals surface area contributed by atoms with Crippen LogP contribution in [0.1, 0.15) is 15.2 Å². The Kier molecular flexibility index (Phi) is 3.23. The number of thiophene rings is 1. The molecule has 2 nitrogen and oxygen atoms in total. The number of hydrogen-bond donors (Lipinski definition) is 1. The number of benzene rings is 1. The SMILES string of the molecule is O=C(c1ccc(Cl)s1)c1c[nH]cc1-c1ccccc1. The lowest BCUT2D eigenvalue weighted by Gasteiger charge is -2.01. The molecule has 0 saturated heterocycles. The van der Waals surface area contributed by atoms with Crippen LogP contribution in [0.2, 0.25) is 4.34 Å². The van der Waals surface area contributed by atoms with Gasteiger partial charge in [-0.05, 0) is 17.7 Å². The number of rotatable bonds is 3. The van der Waals surface area contributed by atoms with Gasteiger partial charge < -0.3 is 4.98 Å². The Morgan fingerprint density at radius 3 is 2.53 bits per heavy atom. The van der Waals surface area contributed by atoms with Gasteiger partial charge in [-0.1, -0.05) is 41.9 Å². The lowest BCUT2D eigenvalue weighted by Crippen LogP contribution is -1.98. The quantitative estimate of drug-likeness (QED) is 0.700. The first kappa shape index (κ1) is 12.2. The number of aromatic nitrogens is 1. The number of aromatic amines is 1. The molecule has 0 bridgehead atoms. The van der Waals surface area contributed by atoms with E-state index < -0.39 is 0 Å². The molecular weight excluding hydrogens is 278 g/mol. The highest BCUT2D eigenvalue weighted by Gasteiger charge is 2.17. The Morgan fingerprint density at radius 1 is 1.05 bits per heavy atom. The summed E-state index contributed by atoms with van der Waals surface area (Å²) in [6.07, 6.45) is 3.58. The van der Waals surface area contributed by atoms with Crippen LogP contribution in [0.15, 0.2) is 54.9 Å². The summed E-state index contributed by atoms with van der Waals surface area (Å²) in [5.41, 5.74) is 2.61. The molecule has 3 rings (SSSR count). The minimum Gasteiger partial charge on any atom is -0.366 e. The van der Waals surface area contributed by atoms with Crippen LogP contribution in [0.4, 0.5) is 0 Å². The van der Waals surface area contributed by atoms with Gasteiger partial charge in [0.15, 0.2) is 0 Å². The summed E-state index contributed by atoms with van der Waals surface area (Å²) in [5, 5.41) is 0. The normalized spacial score (nSPS) is 10.6. The minimum absolute atomic E-state index is 0.00277. The van der Waals surface area contributed by atoms with E-state index in [1.165, 1.54) is 11.3 Å². The van der Waals surface area contributed by atoms with Gasteiger partial charge >= 0.3 is 0 Å². The van der Waals surface area contributed by atoms with Crippen LogP contribution in [-0.4, -0.2) is 10.8 Å². The van der Waals surface area contributed by atoms with E-state index in [4.69, 9.17) is 11.6 Å². The highest BCUT2D eigenvalue weighted by molar-refractivity contribution is 7.18. The molecule has 4 heteroatoms. The van der Waals surface area contributed by atoms with Crippen molar-refractivity contribution in [1.82, 2.24) is 4.98 Å². The van der Waals surface area contributed by atoms with Crippen molar-refractivity contribution in [2.75, 3.05) is 0 Å². The summed E-state index contributed by atoms with van der Waals surface area (Å²) in [4.78, 5) is 16.1. The van der Waals surface area contributed by atoms with Crippen LogP contribution in [0.25, 0.3) is 11.1 Å². The van der Waals surface area contributed by atoms with E-state index in [9.17, 15) is 4.79 Å². The second-order valence-electron chi connectivity index (χ2n) is 4.08. The molecule has 19 heavy (non-hydrogen) atoms. The first-order valence-electron chi connectivity index (χ1n) is 5.78. The average Bonchev–Trinajstić information content (AvgIpc) is 3.07. The lowest BCUT2D eigenvalue weighted by atomic mass is 10.0. The Bertz CT molecular complexity index is 715. The van der Waals surface area contributed by atoms with Gasteiger partial charge in [-0.2, -0.15) is 0 Å². The molecule has 0 radical (unpaired) electrons. The topological polar surface area (TPSA) is 32.9 Å². The third-order valence-electron chi connectivity index (χ3n) is 2.87. The van der Waals surface area contributed by atoms with Crippen LogP contribution >= 0.6 is 22.9 Å². The van der Waals surface area contributed by atoms with Crippen molar-refractivity contribution in [2.45, 2.75) is 0 Å². The molecule has 2 heterocycles. The Labute approximate surface area is 119 Å². The van der Waals surface area contributed by atoms with Gasteiger partial charge in [0.25, 0.3) is 0 Å². The van der Waals surface area contributed by atoms with Crippen molar-refractivity contribution < 1.29 is 4.79 Å². The molecule has 94 valence electrons. The third kappa shape index (κ3) is 2.35. The van der Waals surface area contributed by atoms with Gasteiger partial charge in [0.2, 0.25) is 5.78 Å². The van der Waals surface area contributed by atoms with Gasteiger partial charge in [0.1, 0.15) is 0 Å². The number of nitrogens with one attached hydrogen (secondary N) is 1. The Balaban J connectivity index is 2.03. The molecule has 1 aromatic carbocycles. The largest absolute Gasteiger partial charge is 0.366 e. The second kappa shape index (κ2) is 5.03. The van der Waals surface area contributed by atoms with Crippen LogP contribution in [-0.2, 0) is 0 Å². The first-order chi connectivity index (χ1) is 9.25. The molecule has 3 aromatic rings. The molecule has 0 aliphatic rings. The van der Waals surface area contributed by atoms with Crippen molar-refractivity contribution in [3.8, 4) is 11.1 Å². The van der Waals surface area contributed by atoms with Crippen LogP contribution in [0, 0.1) is 0 Å². The summed E-state index contributed by atoms with van der Waals surface area (Å²) < 4.78 is 0.625. The molecule has 0 spiro atoms. The van der Waals surface area contributed by atoms with Crippen molar-refractivity contribution >= 4 is 28.7 Å². The summed E-state index contributed by atoms with van der Waals surface area (Å²) in [6, 6.07) is 13.3. The molecule has 0 amide bonds.